The van der Waals surface area contributed by atoms with Crippen LogP contribution < -0.4 is 0 Å². The van der Waals surface area contributed by atoms with Gasteiger partial charge in [0.25, 0.3) is 0 Å². The zero-order valence-electron chi connectivity index (χ0n) is 9.75. The van der Waals surface area contributed by atoms with E-state index in [9.17, 15) is 8.42 Å². The predicted octanol–water partition coefficient (Wildman–Crippen LogP) is 2.69. The van der Waals surface area contributed by atoms with E-state index in [2.05, 4.69) is 20.9 Å². The minimum Gasteiger partial charge on any atom is -0.245 e. The molecule has 4 nitrogen and oxygen atoms in total. The minimum atomic E-state index is -3.47. The smallest absolute Gasteiger partial charge is 0.182 e. The average molecular weight is 337 g/mol. The lowest BCUT2D eigenvalue weighted by Gasteiger charge is -2.05. The first-order chi connectivity index (χ1) is 9.03. The van der Waals surface area contributed by atoms with E-state index in [0.717, 1.165) is 4.47 Å². The van der Waals surface area contributed by atoms with Gasteiger partial charge in [-0.15, -0.1) is 0 Å². The van der Waals surface area contributed by atoms with Gasteiger partial charge in [-0.3, -0.25) is 0 Å². The molecule has 0 aliphatic rings. The lowest BCUT2D eigenvalue weighted by molar-refractivity contribution is 0.595. The third kappa shape index (κ3) is 3.19. The molecule has 19 heavy (non-hydrogen) atoms. The van der Waals surface area contributed by atoms with E-state index in [1.54, 1.807) is 24.3 Å². The molecule has 0 amide bonds. The van der Waals surface area contributed by atoms with Crippen molar-refractivity contribution >= 4 is 25.8 Å². The van der Waals surface area contributed by atoms with Gasteiger partial charge in [-0.05, 0) is 30.3 Å². The summed E-state index contributed by atoms with van der Waals surface area (Å²) in [5.41, 5.74) is 0.552. The van der Waals surface area contributed by atoms with Crippen molar-refractivity contribution in [3.05, 3.63) is 58.3 Å². The molecule has 1 aromatic heterocycles. The van der Waals surface area contributed by atoms with Crippen molar-refractivity contribution < 1.29 is 8.42 Å². The molecular weight excluding hydrogens is 328 g/mol. The van der Waals surface area contributed by atoms with E-state index in [4.69, 9.17) is 5.26 Å². The van der Waals surface area contributed by atoms with Gasteiger partial charge in [-0.25, -0.2) is 13.4 Å². The van der Waals surface area contributed by atoms with Crippen LogP contribution in [0.5, 0.6) is 0 Å². The fourth-order valence-electron chi connectivity index (χ4n) is 1.59. The number of sulfone groups is 1. The highest BCUT2D eigenvalue weighted by Gasteiger charge is 2.17. The summed E-state index contributed by atoms with van der Waals surface area (Å²) in [6, 6.07) is 11.5. The Labute approximate surface area is 119 Å². The van der Waals surface area contributed by atoms with E-state index < -0.39 is 9.84 Å². The standard InChI is InChI=1S/C13H9BrN2O2S/c14-11-3-5-12(6-4-11)19(17,18)9-10-2-1-7-16-13(10)8-15/h1-7H,9H2. The molecule has 0 atom stereocenters. The molecule has 0 aliphatic carbocycles. The van der Waals surface area contributed by atoms with Gasteiger partial charge < -0.3 is 0 Å². The van der Waals surface area contributed by atoms with Gasteiger partial charge >= 0.3 is 0 Å². The summed E-state index contributed by atoms with van der Waals surface area (Å²) in [5, 5.41) is 8.91. The monoisotopic (exact) mass is 336 g/mol. The van der Waals surface area contributed by atoms with Crippen molar-refractivity contribution in [1.29, 1.82) is 5.26 Å². The van der Waals surface area contributed by atoms with Crippen molar-refractivity contribution in [2.24, 2.45) is 0 Å². The number of rotatable bonds is 3. The lowest BCUT2D eigenvalue weighted by atomic mass is 10.2. The number of halogens is 1. The summed E-state index contributed by atoms with van der Waals surface area (Å²) in [6.07, 6.45) is 1.47. The van der Waals surface area contributed by atoms with E-state index >= 15 is 0 Å². The average Bonchev–Trinajstić information content (AvgIpc) is 2.39. The fraction of sp³-hybridized carbons (Fsp3) is 0.0769. The minimum absolute atomic E-state index is 0.142. The maximum absolute atomic E-state index is 12.2. The van der Waals surface area contributed by atoms with Crippen molar-refractivity contribution in [2.45, 2.75) is 10.6 Å². The van der Waals surface area contributed by atoms with Crippen LogP contribution in [0.2, 0.25) is 0 Å². The lowest BCUT2D eigenvalue weighted by Crippen LogP contribution is -2.07. The Morgan fingerprint density at radius 3 is 2.53 bits per heavy atom. The van der Waals surface area contributed by atoms with Gasteiger partial charge in [0.2, 0.25) is 0 Å². The van der Waals surface area contributed by atoms with E-state index in [-0.39, 0.29) is 16.3 Å². The Morgan fingerprint density at radius 2 is 1.89 bits per heavy atom. The number of hydrogen-bond acceptors (Lipinski definition) is 4. The predicted molar refractivity (Wildman–Crippen MR) is 74.0 cm³/mol. The molecule has 0 radical (unpaired) electrons. The molecule has 0 unspecified atom stereocenters. The van der Waals surface area contributed by atoms with Gasteiger partial charge in [0.15, 0.2) is 9.84 Å². The van der Waals surface area contributed by atoms with Crippen LogP contribution in [0.1, 0.15) is 11.3 Å². The van der Waals surface area contributed by atoms with Crippen LogP contribution in [0.4, 0.5) is 0 Å². The van der Waals surface area contributed by atoms with Crippen molar-refractivity contribution in [2.75, 3.05) is 0 Å². The molecule has 2 rings (SSSR count). The van der Waals surface area contributed by atoms with E-state index in [1.165, 1.54) is 18.3 Å². The summed E-state index contributed by atoms with van der Waals surface area (Å²) in [6.45, 7) is 0. The summed E-state index contributed by atoms with van der Waals surface area (Å²) in [5.74, 6) is -0.231. The van der Waals surface area contributed by atoms with Crippen LogP contribution in [0.25, 0.3) is 0 Å². The summed E-state index contributed by atoms with van der Waals surface area (Å²) >= 11 is 3.25. The molecule has 0 N–H and O–H groups in total. The maximum atomic E-state index is 12.2. The summed E-state index contributed by atoms with van der Waals surface area (Å²) in [7, 11) is -3.47. The van der Waals surface area contributed by atoms with Gasteiger partial charge in [0.1, 0.15) is 11.8 Å². The second-order valence-corrected chi connectivity index (χ2v) is 6.74. The van der Waals surface area contributed by atoms with Crippen LogP contribution >= 0.6 is 15.9 Å². The zero-order chi connectivity index (χ0) is 13.9. The molecule has 0 saturated heterocycles. The molecule has 1 aromatic carbocycles. The topological polar surface area (TPSA) is 70.8 Å². The molecule has 6 heteroatoms. The molecule has 96 valence electrons. The first-order valence-corrected chi connectivity index (χ1v) is 7.80. The number of nitriles is 1. The number of hydrogen-bond donors (Lipinski definition) is 0. The van der Waals surface area contributed by atoms with Crippen molar-refractivity contribution in [3.63, 3.8) is 0 Å². The van der Waals surface area contributed by atoms with Gasteiger partial charge in [0, 0.05) is 16.2 Å². The van der Waals surface area contributed by atoms with Crippen LogP contribution in [0.3, 0.4) is 0 Å². The van der Waals surface area contributed by atoms with Crippen molar-refractivity contribution in [1.82, 2.24) is 4.98 Å². The Kier molecular flexibility index (Phi) is 3.98. The van der Waals surface area contributed by atoms with Crippen LogP contribution in [0, 0.1) is 11.3 Å². The molecule has 0 saturated carbocycles. The zero-order valence-corrected chi connectivity index (χ0v) is 12.1. The number of benzene rings is 1. The summed E-state index contributed by atoms with van der Waals surface area (Å²) < 4.78 is 25.3. The number of aromatic nitrogens is 1. The molecule has 0 fully saturated rings. The van der Waals surface area contributed by atoms with Gasteiger partial charge in [-0.1, -0.05) is 22.0 Å². The number of nitrogens with zero attached hydrogens (tertiary/aromatic N) is 2. The Morgan fingerprint density at radius 1 is 1.21 bits per heavy atom. The fourth-order valence-corrected chi connectivity index (χ4v) is 3.21. The highest BCUT2D eigenvalue weighted by molar-refractivity contribution is 9.10. The molecule has 0 aliphatic heterocycles. The SMILES string of the molecule is N#Cc1ncccc1CS(=O)(=O)c1ccc(Br)cc1. The van der Waals surface area contributed by atoms with Crippen LogP contribution in [-0.2, 0) is 15.6 Å². The highest BCUT2D eigenvalue weighted by atomic mass is 79.9. The Balaban J connectivity index is 2.37. The van der Waals surface area contributed by atoms with E-state index in [0.29, 0.717) is 5.56 Å². The molecule has 0 spiro atoms. The Hall–Kier alpha value is -1.71. The maximum Gasteiger partial charge on any atom is 0.182 e. The first kappa shape index (κ1) is 13.7. The second kappa shape index (κ2) is 5.51. The molecule has 2 aromatic rings. The Bertz CT molecular complexity index is 734. The molecular formula is C13H9BrN2O2S. The molecule has 1 heterocycles. The van der Waals surface area contributed by atoms with Crippen LogP contribution in [-0.4, -0.2) is 13.4 Å². The largest absolute Gasteiger partial charge is 0.245 e. The third-order valence-corrected chi connectivity index (χ3v) is 4.73. The van der Waals surface area contributed by atoms with E-state index in [1.807, 2.05) is 6.07 Å². The van der Waals surface area contributed by atoms with Gasteiger partial charge in [-0.2, -0.15) is 5.26 Å². The summed E-state index contributed by atoms with van der Waals surface area (Å²) in [4.78, 5) is 4.08. The van der Waals surface area contributed by atoms with Crippen molar-refractivity contribution in [3.8, 4) is 6.07 Å². The van der Waals surface area contributed by atoms with Gasteiger partial charge in [0.05, 0.1) is 10.6 Å². The first-order valence-electron chi connectivity index (χ1n) is 5.35. The molecule has 0 bridgehead atoms. The second-order valence-electron chi connectivity index (χ2n) is 3.84. The quantitative estimate of drug-likeness (QED) is 0.863. The van der Waals surface area contributed by atoms with Crippen LogP contribution in [0.15, 0.2) is 52.0 Å². The third-order valence-electron chi connectivity index (χ3n) is 2.52. The highest BCUT2D eigenvalue weighted by Crippen LogP contribution is 2.20. The number of pyridine rings is 1. The normalized spacial score (nSPS) is 10.9.